The van der Waals surface area contributed by atoms with Gasteiger partial charge in [-0.25, -0.2) is 0 Å². The number of likely N-dealkylation sites (tertiary alicyclic amines) is 1. The second-order valence-electron chi connectivity index (χ2n) is 12.5. The van der Waals surface area contributed by atoms with Crippen molar-refractivity contribution in [2.24, 2.45) is 0 Å². The number of benzene rings is 3. The number of nitrogens with zero attached hydrogens (tertiary/aromatic N) is 4. The van der Waals surface area contributed by atoms with E-state index in [-0.39, 0.29) is 37.2 Å². The van der Waals surface area contributed by atoms with Crippen molar-refractivity contribution in [1.82, 2.24) is 14.9 Å². The van der Waals surface area contributed by atoms with Crippen molar-refractivity contribution in [2.45, 2.75) is 32.0 Å². The minimum Gasteiger partial charge on any atom is -0.493 e. The summed E-state index contributed by atoms with van der Waals surface area (Å²) in [5, 5.41) is 0.718. The molecule has 1 aliphatic rings. The first kappa shape index (κ1) is 45.1. The van der Waals surface area contributed by atoms with Crippen LogP contribution in [0.3, 0.4) is 0 Å². The maximum absolute atomic E-state index is 6.33. The fourth-order valence-electron chi connectivity index (χ4n) is 6.83. The Morgan fingerprint density at radius 3 is 1.47 bits per heavy atom. The van der Waals surface area contributed by atoms with Crippen molar-refractivity contribution in [3.8, 4) is 57.0 Å². The number of aromatic nitrogens is 2. The molecule has 1 saturated heterocycles. The molecule has 0 saturated carbocycles. The van der Waals surface area contributed by atoms with Gasteiger partial charge in [-0.05, 0) is 96.8 Å². The van der Waals surface area contributed by atoms with Gasteiger partial charge in [-0.15, -0.1) is 37.2 Å². The van der Waals surface area contributed by atoms with Crippen LogP contribution in [0.15, 0.2) is 85.2 Å². The van der Waals surface area contributed by atoms with E-state index >= 15 is 0 Å². The molecule has 0 radical (unpaired) electrons. The summed E-state index contributed by atoms with van der Waals surface area (Å²) in [7, 11) is 9.68. The fraction of sp³-hybridized carbons (Fsp3) is 0.317. The number of ether oxygens (including phenoxy) is 6. The average Bonchev–Trinajstić information content (AvgIpc) is 3.19. The van der Waals surface area contributed by atoms with Crippen molar-refractivity contribution >= 4 is 54.5 Å². The van der Waals surface area contributed by atoms with Crippen molar-refractivity contribution in [1.29, 1.82) is 0 Å². The van der Waals surface area contributed by atoms with Crippen LogP contribution >= 0.6 is 48.8 Å². The van der Waals surface area contributed by atoms with Crippen LogP contribution in [0.2, 0.25) is 5.02 Å². The predicted octanol–water partition coefficient (Wildman–Crippen LogP) is 9.45. The van der Waals surface area contributed by atoms with Gasteiger partial charge in [-0.1, -0.05) is 11.6 Å². The molecule has 6 rings (SSSR count). The van der Waals surface area contributed by atoms with Crippen LogP contribution in [0.5, 0.6) is 34.5 Å². The smallest absolute Gasteiger partial charge is 0.203 e. The standard InChI is InChI=1S/C41H45ClN4O6.3ClH/c1-47-36-21-29(22-37(48-2)40(36)51-5)34-19-27(11-15-43-34)25-45-17-13-33(14-18-45)46(32-9-7-31(42)8-10-32)26-28-12-16-44-35(20-28)30-23-38(49-3)41(52-6)39(24-30)50-4;;;/h7-12,15-16,19-24,33H,13-14,17-18,25-26H2,1-6H3;3*1H. The van der Waals surface area contributed by atoms with E-state index in [0.717, 1.165) is 77.8 Å². The molecule has 1 fully saturated rings. The maximum atomic E-state index is 6.33. The van der Waals surface area contributed by atoms with Crippen molar-refractivity contribution in [3.63, 3.8) is 0 Å². The molecule has 0 unspecified atom stereocenters. The summed E-state index contributed by atoms with van der Waals surface area (Å²) in [5.41, 5.74) is 6.94. The van der Waals surface area contributed by atoms with Gasteiger partial charge in [0.2, 0.25) is 11.5 Å². The molecule has 55 heavy (non-hydrogen) atoms. The summed E-state index contributed by atoms with van der Waals surface area (Å²) in [6.45, 7) is 3.47. The van der Waals surface area contributed by atoms with E-state index < -0.39 is 0 Å². The highest BCUT2D eigenvalue weighted by molar-refractivity contribution is 6.30. The van der Waals surface area contributed by atoms with Crippen LogP contribution in [0.25, 0.3) is 22.5 Å². The number of anilines is 1. The van der Waals surface area contributed by atoms with Gasteiger partial charge in [0.15, 0.2) is 23.0 Å². The van der Waals surface area contributed by atoms with Crippen LogP contribution in [0.1, 0.15) is 24.0 Å². The number of rotatable bonds is 14. The number of methoxy groups -OCH3 is 6. The molecule has 0 spiro atoms. The molecular formula is C41H48Cl4N4O6. The van der Waals surface area contributed by atoms with Crippen LogP contribution < -0.4 is 33.3 Å². The molecule has 296 valence electrons. The van der Waals surface area contributed by atoms with E-state index in [9.17, 15) is 0 Å². The monoisotopic (exact) mass is 832 g/mol. The molecule has 3 heterocycles. The third-order valence-corrected chi connectivity index (χ3v) is 9.74. The lowest BCUT2D eigenvalue weighted by Crippen LogP contribution is -2.44. The van der Waals surface area contributed by atoms with E-state index in [2.05, 4.69) is 51.2 Å². The van der Waals surface area contributed by atoms with Gasteiger partial charge >= 0.3 is 0 Å². The summed E-state index contributed by atoms with van der Waals surface area (Å²) >= 11 is 6.33. The summed E-state index contributed by atoms with van der Waals surface area (Å²) in [6.07, 6.45) is 5.75. The first-order chi connectivity index (χ1) is 25.4. The summed E-state index contributed by atoms with van der Waals surface area (Å²) in [4.78, 5) is 14.4. The first-order valence-corrected chi connectivity index (χ1v) is 17.5. The molecule has 0 aliphatic carbocycles. The lowest BCUT2D eigenvalue weighted by Gasteiger charge is -2.40. The van der Waals surface area contributed by atoms with Crippen LogP contribution in [0, 0.1) is 0 Å². The lowest BCUT2D eigenvalue weighted by molar-refractivity contribution is 0.201. The Hall–Kier alpha value is -4.32. The Morgan fingerprint density at radius 2 is 1.04 bits per heavy atom. The zero-order valence-corrected chi connectivity index (χ0v) is 34.9. The molecule has 5 aromatic rings. The van der Waals surface area contributed by atoms with Crippen molar-refractivity contribution < 1.29 is 28.4 Å². The molecule has 0 bridgehead atoms. The molecule has 2 aromatic heterocycles. The summed E-state index contributed by atoms with van der Waals surface area (Å²) in [6, 6.07) is 24.6. The van der Waals surface area contributed by atoms with Gasteiger partial charge in [0, 0.05) is 66.5 Å². The third kappa shape index (κ3) is 10.5. The van der Waals surface area contributed by atoms with E-state index in [1.54, 1.807) is 42.7 Å². The summed E-state index contributed by atoms with van der Waals surface area (Å²) in [5.74, 6) is 3.48. The molecular weight excluding hydrogens is 786 g/mol. The SMILES string of the molecule is COc1cc(-c2cc(CN3CCC(N(Cc4ccnc(-c5cc(OC)c(OC)c(OC)c5)c4)c4ccc(Cl)cc4)CC3)ccn2)cc(OC)c1OC.Cl.Cl.Cl. The van der Waals surface area contributed by atoms with Gasteiger partial charge in [0.1, 0.15) is 0 Å². The van der Waals surface area contributed by atoms with Crippen LogP contribution in [-0.4, -0.2) is 76.7 Å². The van der Waals surface area contributed by atoms with Gasteiger partial charge in [-0.3, -0.25) is 14.9 Å². The van der Waals surface area contributed by atoms with Gasteiger partial charge < -0.3 is 33.3 Å². The largest absolute Gasteiger partial charge is 0.493 e. The van der Waals surface area contributed by atoms with E-state index in [1.807, 2.05) is 48.8 Å². The molecule has 0 amide bonds. The Morgan fingerprint density at radius 1 is 0.600 bits per heavy atom. The van der Waals surface area contributed by atoms with Crippen molar-refractivity contribution in [2.75, 3.05) is 60.6 Å². The normalized spacial score (nSPS) is 12.6. The molecule has 10 nitrogen and oxygen atoms in total. The number of piperidine rings is 1. The molecule has 14 heteroatoms. The second kappa shape index (κ2) is 21.1. The van der Waals surface area contributed by atoms with Crippen LogP contribution in [-0.2, 0) is 13.1 Å². The minimum atomic E-state index is 0. The average molecular weight is 835 g/mol. The zero-order valence-electron chi connectivity index (χ0n) is 31.7. The highest BCUT2D eigenvalue weighted by Gasteiger charge is 2.26. The second-order valence-corrected chi connectivity index (χ2v) is 13.0. The maximum Gasteiger partial charge on any atom is 0.203 e. The Kier molecular flexibility index (Phi) is 17.3. The fourth-order valence-corrected chi connectivity index (χ4v) is 6.95. The topological polar surface area (TPSA) is 87.6 Å². The van der Waals surface area contributed by atoms with Crippen LogP contribution in [0.4, 0.5) is 5.69 Å². The zero-order chi connectivity index (χ0) is 36.6. The van der Waals surface area contributed by atoms with E-state index in [0.29, 0.717) is 40.5 Å². The number of hydrogen-bond donors (Lipinski definition) is 0. The lowest BCUT2D eigenvalue weighted by atomic mass is 10.00. The molecule has 0 N–H and O–H groups in total. The summed E-state index contributed by atoms with van der Waals surface area (Å²) < 4.78 is 33.4. The highest BCUT2D eigenvalue weighted by atomic mass is 35.5. The first-order valence-electron chi connectivity index (χ1n) is 17.1. The third-order valence-electron chi connectivity index (χ3n) is 9.48. The van der Waals surface area contributed by atoms with Crippen molar-refractivity contribution in [3.05, 3.63) is 101 Å². The Bertz CT molecular complexity index is 1930. The number of hydrogen-bond acceptors (Lipinski definition) is 10. The molecule has 0 atom stereocenters. The minimum absolute atomic E-state index is 0. The number of pyridine rings is 2. The van der Waals surface area contributed by atoms with E-state index in [1.165, 1.54) is 5.56 Å². The van der Waals surface area contributed by atoms with Gasteiger partial charge in [-0.2, -0.15) is 0 Å². The van der Waals surface area contributed by atoms with Gasteiger partial charge in [0.05, 0.1) is 54.0 Å². The van der Waals surface area contributed by atoms with Gasteiger partial charge in [0.25, 0.3) is 0 Å². The quantitative estimate of drug-likeness (QED) is 0.108. The number of halogens is 4. The highest BCUT2D eigenvalue weighted by Crippen LogP contribution is 2.42. The molecule has 3 aromatic carbocycles. The van der Waals surface area contributed by atoms with E-state index in [4.69, 9.17) is 45.0 Å². The molecule has 1 aliphatic heterocycles. The Labute approximate surface area is 347 Å². The predicted molar refractivity (Wildman–Crippen MR) is 226 cm³/mol. The Balaban J connectivity index is 0.00000271.